The molecular weight excluding hydrogens is 473 g/mol. The van der Waals surface area contributed by atoms with E-state index in [1.54, 1.807) is 30.3 Å². The van der Waals surface area contributed by atoms with Gasteiger partial charge in [-0.05, 0) is 34.9 Å². The average Bonchev–Trinajstić information content (AvgIpc) is 2.82. The molecule has 0 radical (unpaired) electrons. The lowest BCUT2D eigenvalue weighted by atomic mass is 9.96. The predicted molar refractivity (Wildman–Crippen MR) is 125 cm³/mol. The maximum atomic E-state index is 13.6. The molecule has 3 aromatic rings. The summed E-state index contributed by atoms with van der Waals surface area (Å²) in [6.45, 7) is -2.20. The van der Waals surface area contributed by atoms with Crippen LogP contribution in [0.25, 0.3) is 5.57 Å². The van der Waals surface area contributed by atoms with Crippen LogP contribution in [0.3, 0.4) is 0 Å². The van der Waals surface area contributed by atoms with Gasteiger partial charge in [-0.25, -0.2) is 9.18 Å². The maximum absolute atomic E-state index is 13.6. The van der Waals surface area contributed by atoms with Gasteiger partial charge in [-0.1, -0.05) is 72.3 Å². The van der Waals surface area contributed by atoms with Crippen LogP contribution < -0.4 is 4.74 Å². The van der Waals surface area contributed by atoms with E-state index < -0.39 is 25.2 Å². The van der Waals surface area contributed by atoms with E-state index in [1.807, 2.05) is 36.4 Å². The first-order valence-corrected chi connectivity index (χ1v) is 11.2. The van der Waals surface area contributed by atoms with Crippen LogP contribution in [-0.2, 0) is 10.7 Å². The summed E-state index contributed by atoms with van der Waals surface area (Å²) in [5.74, 6) is -3.70. The van der Waals surface area contributed by atoms with Crippen molar-refractivity contribution in [3.63, 3.8) is 0 Å². The molecule has 0 atom stereocenters. The normalized spacial score (nSPS) is 11.9. The van der Waals surface area contributed by atoms with Gasteiger partial charge in [0.05, 0.1) is 5.02 Å². The largest absolute Gasteiger partial charge is 0.482 e. The molecule has 0 aliphatic heterocycles. The highest BCUT2D eigenvalue weighted by atomic mass is 35.5. The third-order valence-corrected chi connectivity index (χ3v) is 6.09. The van der Waals surface area contributed by atoms with Crippen LogP contribution in [0.2, 0.25) is 5.02 Å². The summed E-state index contributed by atoms with van der Waals surface area (Å²) in [4.78, 5) is 11.4. The standard InChI is InChI=1S/C25H20ClF3O3S/c26-22-14-20(32-15-24(30)31)10-11-23(22)33-13-12-21(17-4-2-1-3-5-17)18-6-8-19(9-7-18)25(28,29)16-27/h1-12,14H,13,15-16H2,(H,30,31)/b21-12-. The minimum Gasteiger partial charge on any atom is -0.482 e. The second-order valence-electron chi connectivity index (χ2n) is 6.98. The zero-order chi connectivity index (χ0) is 23.8. The van der Waals surface area contributed by atoms with Crippen LogP contribution in [0.15, 0.2) is 83.8 Å². The quantitative estimate of drug-likeness (QED) is 0.307. The fraction of sp³-hybridized carbons (Fsp3) is 0.160. The second kappa shape index (κ2) is 11.3. The van der Waals surface area contributed by atoms with Crippen molar-refractivity contribution in [3.8, 4) is 5.75 Å². The Morgan fingerprint density at radius 2 is 1.70 bits per heavy atom. The number of carbonyl (C=O) groups is 1. The Hall–Kier alpha value is -2.90. The maximum Gasteiger partial charge on any atom is 0.341 e. The molecule has 0 aliphatic rings. The lowest BCUT2D eigenvalue weighted by molar-refractivity contribution is -0.139. The summed E-state index contributed by atoms with van der Waals surface area (Å²) >= 11 is 7.76. The number of hydrogen-bond donors (Lipinski definition) is 1. The molecule has 3 aromatic carbocycles. The van der Waals surface area contributed by atoms with Crippen molar-refractivity contribution in [2.45, 2.75) is 10.8 Å². The van der Waals surface area contributed by atoms with E-state index >= 15 is 0 Å². The monoisotopic (exact) mass is 492 g/mol. The lowest BCUT2D eigenvalue weighted by Gasteiger charge is -2.14. The van der Waals surface area contributed by atoms with Crippen LogP contribution in [0, 0.1) is 0 Å². The molecule has 172 valence electrons. The number of halogens is 4. The van der Waals surface area contributed by atoms with E-state index in [2.05, 4.69) is 0 Å². The molecule has 0 bridgehead atoms. The molecule has 3 rings (SSSR count). The SMILES string of the molecule is O=C(O)COc1ccc(SC/C=C(/c2ccccc2)c2ccc(C(F)(F)CF)cc2)c(Cl)c1. The van der Waals surface area contributed by atoms with Crippen LogP contribution in [0.4, 0.5) is 13.2 Å². The number of hydrogen-bond acceptors (Lipinski definition) is 3. The van der Waals surface area contributed by atoms with Crippen molar-refractivity contribution in [1.29, 1.82) is 0 Å². The zero-order valence-corrected chi connectivity index (χ0v) is 18.9. The molecule has 1 N–H and O–H groups in total. The third kappa shape index (κ3) is 6.79. The predicted octanol–water partition coefficient (Wildman–Crippen LogP) is 7.09. The Balaban J connectivity index is 1.80. The molecule has 0 amide bonds. The topological polar surface area (TPSA) is 46.5 Å². The van der Waals surface area contributed by atoms with E-state index in [0.717, 1.165) is 21.6 Å². The molecule has 0 saturated heterocycles. The fourth-order valence-electron chi connectivity index (χ4n) is 3.04. The van der Waals surface area contributed by atoms with Gasteiger partial charge in [0.25, 0.3) is 0 Å². The Bertz CT molecular complexity index is 1120. The van der Waals surface area contributed by atoms with Gasteiger partial charge in [0.2, 0.25) is 0 Å². The molecule has 0 heterocycles. The molecule has 0 aliphatic carbocycles. The van der Waals surface area contributed by atoms with Crippen LogP contribution in [0.1, 0.15) is 16.7 Å². The summed E-state index contributed by atoms with van der Waals surface area (Å²) in [5, 5.41) is 9.13. The molecule has 3 nitrogen and oxygen atoms in total. The summed E-state index contributed by atoms with van der Waals surface area (Å²) in [6, 6.07) is 20.0. The number of ether oxygens (including phenoxy) is 1. The van der Waals surface area contributed by atoms with Gasteiger partial charge in [-0.15, -0.1) is 11.8 Å². The second-order valence-corrected chi connectivity index (χ2v) is 8.45. The highest BCUT2D eigenvalue weighted by Crippen LogP contribution is 2.33. The molecular formula is C25H20ClF3O3S. The van der Waals surface area contributed by atoms with E-state index in [1.165, 1.54) is 23.9 Å². The van der Waals surface area contributed by atoms with E-state index in [0.29, 0.717) is 16.5 Å². The molecule has 0 unspecified atom stereocenters. The fourth-order valence-corrected chi connectivity index (χ4v) is 4.16. The van der Waals surface area contributed by atoms with E-state index in [-0.39, 0.29) is 5.56 Å². The van der Waals surface area contributed by atoms with Gasteiger partial charge in [0.15, 0.2) is 13.3 Å². The van der Waals surface area contributed by atoms with Crippen molar-refractivity contribution in [3.05, 3.63) is 101 Å². The number of alkyl halides is 3. The molecule has 0 fully saturated rings. The van der Waals surface area contributed by atoms with Gasteiger partial charge >= 0.3 is 11.9 Å². The first-order valence-electron chi connectivity index (χ1n) is 9.87. The van der Waals surface area contributed by atoms with Crippen molar-refractivity contribution >= 4 is 34.9 Å². The van der Waals surface area contributed by atoms with Crippen molar-refractivity contribution < 1.29 is 27.8 Å². The smallest absolute Gasteiger partial charge is 0.341 e. The highest BCUT2D eigenvalue weighted by molar-refractivity contribution is 7.99. The summed E-state index contributed by atoms with van der Waals surface area (Å²) in [6.07, 6.45) is 1.97. The minimum atomic E-state index is -3.51. The first-order chi connectivity index (χ1) is 15.8. The minimum absolute atomic E-state index is 0.359. The Morgan fingerprint density at radius 1 is 1.03 bits per heavy atom. The van der Waals surface area contributed by atoms with Gasteiger partial charge in [-0.2, -0.15) is 8.78 Å². The number of carboxylic acids is 1. The van der Waals surface area contributed by atoms with Crippen LogP contribution in [-0.4, -0.2) is 30.1 Å². The molecule has 0 saturated carbocycles. The Labute approximate surface area is 198 Å². The van der Waals surface area contributed by atoms with Gasteiger partial charge in [-0.3, -0.25) is 0 Å². The molecule has 0 aromatic heterocycles. The summed E-state index contributed by atoms with van der Waals surface area (Å²) < 4.78 is 45.0. The lowest BCUT2D eigenvalue weighted by Crippen LogP contribution is -2.15. The van der Waals surface area contributed by atoms with Gasteiger partial charge < -0.3 is 9.84 Å². The van der Waals surface area contributed by atoms with Crippen LogP contribution in [0.5, 0.6) is 5.75 Å². The zero-order valence-electron chi connectivity index (χ0n) is 17.3. The van der Waals surface area contributed by atoms with Crippen molar-refractivity contribution in [2.24, 2.45) is 0 Å². The highest BCUT2D eigenvalue weighted by Gasteiger charge is 2.31. The Morgan fingerprint density at radius 3 is 2.30 bits per heavy atom. The van der Waals surface area contributed by atoms with Crippen molar-refractivity contribution in [2.75, 3.05) is 19.0 Å². The van der Waals surface area contributed by atoms with E-state index in [9.17, 15) is 18.0 Å². The molecule has 8 heteroatoms. The first kappa shape index (κ1) is 24.7. The number of carboxylic acid groups (broad SMARTS) is 1. The third-order valence-electron chi connectivity index (χ3n) is 4.66. The molecule has 33 heavy (non-hydrogen) atoms. The number of rotatable bonds is 10. The van der Waals surface area contributed by atoms with E-state index in [4.69, 9.17) is 21.4 Å². The average molecular weight is 493 g/mol. The Kier molecular flexibility index (Phi) is 8.47. The molecule has 0 spiro atoms. The number of thioether (sulfide) groups is 1. The number of aliphatic carboxylic acids is 1. The summed E-state index contributed by atoms with van der Waals surface area (Å²) in [7, 11) is 0. The van der Waals surface area contributed by atoms with Crippen LogP contribution >= 0.6 is 23.4 Å². The summed E-state index contributed by atoms with van der Waals surface area (Å²) in [5.41, 5.74) is 2.11. The van der Waals surface area contributed by atoms with Gasteiger partial charge in [0, 0.05) is 16.2 Å². The van der Waals surface area contributed by atoms with Crippen molar-refractivity contribution in [1.82, 2.24) is 0 Å². The number of benzene rings is 3. The van der Waals surface area contributed by atoms with Gasteiger partial charge in [0.1, 0.15) is 5.75 Å².